The van der Waals surface area contributed by atoms with E-state index in [2.05, 4.69) is 15.6 Å². The molecule has 1 heterocycles. The first-order valence-corrected chi connectivity index (χ1v) is 5.84. The van der Waals surface area contributed by atoms with Gasteiger partial charge >= 0.3 is 0 Å². The van der Waals surface area contributed by atoms with Crippen molar-refractivity contribution in [2.24, 2.45) is 4.99 Å². The van der Waals surface area contributed by atoms with Gasteiger partial charge < -0.3 is 10.6 Å². The zero-order valence-electron chi connectivity index (χ0n) is 10.6. The molecule has 1 aliphatic heterocycles. The monoisotopic (exact) mass is 267 g/mol. The Morgan fingerprint density at radius 2 is 2.17 bits per heavy atom. The van der Waals surface area contributed by atoms with E-state index >= 15 is 0 Å². The summed E-state index contributed by atoms with van der Waals surface area (Å²) in [5, 5.41) is 6.10. The number of nitrogens with zero attached hydrogens (tertiary/aromatic N) is 1. The number of nitrogens with one attached hydrogen (secondary N) is 2. The molecule has 0 aromatic heterocycles. The Labute approximate surface area is 113 Å². The summed E-state index contributed by atoms with van der Waals surface area (Å²) in [4.78, 5) is 15.3. The van der Waals surface area contributed by atoms with E-state index in [1.54, 1.807) is 0 Å². The zero-order valence-corrected chi connectivity index (χ0v) is 11.4. The zero-order chi connectivity index (χ0) is 12.3. The lowest BCUT2D eigenvalue weighted by Crippen LogP contribution is -2.10. The highest BCUT2D eigenvalue weighted by Crippen LogP contribution is 2.21. The lowest BCUT2D eigenvalue weighted by molar-refractivity contribution is -0.114. The second-order valence-corrected chi connectivity index (χ2v) is 4.27. The first-order chi connectivity index (χ1) is 8.15. The minimum absolute atomic E-state index is 0. The second-order valence-electron chi connectivity index (χ2n) is 4.27. The average molecular weight is 268 g/mol. The summed E-state index contributed by atoms with van der Waals surface area (Å²) in [5.41, 5.74) is 2.99. The number of carbonyl (C=O) groups is 1. The summed E-state index contributed by atoms with van der Waals surface area (Å²) in [5.74, 6) is 1.01. The molecule has 18 heavy (non-hydrogen) atoms. The number of rotatable bonds is 2. The van der Waals surface area contributed by atoms with Crippen LogP contribution in [-0.2, 0) is 4.79 Å². The summed E-state index contributed by atoms with van der Waals surface area (Å²) in [6, 6.07) is 5.83. The van der Waals surface area contributed by atoms with Gasteiger partial charge in [0.15, 0.2) is 0 Å². The van der Waals surface area contributed by atoms with Gasteiger partial charge in [0.1, 0.15) is 5.84 Å². The maximum atomic E-state index is 10.9. The smallest absolute Gasteiger partial charge is 0.221 e. The van der Waals surface area contributed by atoms with Gasteiger partial charge in [0.2, 0.25) is 5.91 Å². The van der Waals surface area contributed by atoms with Gasteiger partial charge in [-0.3, -0.25) is 9.79 Å². The largest absolute Gasteiger partial charge is 0.344 e. The normalized spacial score (nSPS) is 13.6. The highest BCUT2D eigenvalue weighted by molar-refractivity contribution is 5.97. The van der Waals surface area contributed by atoms with E-state index in [1.165, 1.54) is 6.92 Å². The summed E-state index contributed by atoms with van der Waals surface area (Å²) < 4.78 is 0. The number of carbonyl (C=O) groups excluding carboxylic acids is 1. The predicted octanol–water partition coefficient (Wildman–Crippen LogP) is 2.98. The third kappa shape index (κ3) is 3.74. The third-order valence-corrected chi connectivity index (χ3v) is 2.70. The van der Waals surface area contributed by atoms with Gasteiger partial charge in [0.05, 0.1) is 0 Å². The van der Waals surface area contributed by atoms with Crippen LogP contribution in [-0.4, -0.2) is 18.3 Å². The van der Waals surface area contributed by atoms with Crippen molar-refractivity contribution in [1.29, 1.82) is 0 Å². The maximum absolute atomic E-state index is 10.9. The number of hydrogen-bond donors (Lipinski definition) is 2. The summed E-state index contributed by atoms with van der Waals surface area (Å²) in [6.07, 6.45) is 2.15. The van der Waals surface area contributed by atoms with Crippen LogP contribution in [0.25, 0.3) is 0 Å². The maximum Gasteiger partial charge on any atom is 0.221 e. The van der Waals surface area contributed by atoms with Gasteiger partial charge in [-0.05, 0) is 37.1 Å². The SMILES string of the molecule is CC(=O)Nc1ccc(NC2=NCCC2)c(C)c1.Cl. The van der Waals surface area contributed by atoms with Crippen LogP contribution in [0.3, 0.4) is 0 Å². The van der Waals surface area contributed by atoms with Crippen molar-refractivity contribution in [2.45, 2.75) is 26.7 Å². The van der Waals surface area contributed by atoms with Crippen molar-refractivity contribution < 1.29 is 4.79 Å². The minimum Gasteiger partial charge on any atom is -0.344 e. The molecule has 98 valence electrons. The molecule has 4 nitrogen and oxygen atoms in total. The van der Waals surface area contributed by atoms with Crippen LogP contribution < -0.4 is 10.6 Å². The number of hydrogen-bond acceptors (Lipinski definition) is 3. The molecule has 0 fully saturated rings. The van der Waals surface area contributed by atoms with Crippen molar-refractivity contribution in [3.63, 3.8) is 0 Å². The molecule has 2 N–H and O–H groups in total. The molecule has 0 saturated heterocycles. The van der Waals surface area contributed by atoms with Crippen molar-refractivity contribution in [3.05, 3.63) is 23.8 Å². The van der Waals surface area contributed by atoms with Crippen LogP contribution in [0.1, 0.15) is 25.3 Å². The number of aryl methyl sites for hydroxylation is 1. The summed E-state index contributed by atoms with van der Waals surface area (Å²) >= 11 is 0. The number of halogens is 1. The Bertz CT molecular complexity index is 471. The molecular formula is C13H18ClN3O. The average Bonchev–Trinajstić information content (AvgIpc) is 2.74. The van der Waals surface area contributed by atoms with Crippen LogP contribution >= 0.6 is 12.4 Å². The quantitative estimate of drug-likeness (QED) is 0.866. The van der Waals surface area contributed by atoms with E-state index in [-0.39, 0.29) is 18.3 Å². The standard InChI is InChI=1S/C13H17N3O.ClH/c1-9-8-11(15-10(2)17)5-6-12(9)16-13-4-3-7-14-13;/h5-6,8H,3-4,7H2,1-2H3,(H,14,16)(H,15,17);1H. The van der Waals surface area contributed by atoms with Gasteiger partial charge in [-0.15, -0.1) is 12.4 Å². The molecule has 0 atom stereocenters. The molecule has 0 saturated carbocycles. The Balaban J connectivity index is 0.00000162. The third-order valence-electron chi connectivity index (χ3n) is 2.70. The molecule has 5 heteroatoms. The number of amides is 1. The molecule has 1 amide bonds. The van der Waals surface area contributed by atoms with Crippen LogP contribution in [0.4, 0.5) is 11.4 Å². The number of anilines is 2. The molecule has 1 aromatic carbocycles. The fraction of sp³-hybridized carbons (Fsp3) is 0.385. The number of amidine groups is 1. The van der Waals surface area contributed by atoms with E-state index < -0.39 is 0 Å². The van der Waals surface area contributed by atoms with E-state index in [9.17, 15) is 4.79 Å². The van der Waals surface area contributed by atoms with Gasteiger partial charge in [-0.2, -0.15) is 0 Å². The van der Waals surface area contributed by atoms with E-state index in [4.69, 9.17) is 0 Å². The van der Waals surface area contributed by atoms with Crippen molar-refractivity contribution in [1.82, 2.24) is 0 Å². The Kier molecular flexibility index (Phi) is 5.16. The molecular weight excluding hydrogens is 250 g/mol. The first kappa shape index (κ1) is 14.5. The Hall–Kier alpha value is -1.55. The van der Waals surface area contributed by atoms with E-state index in [0.717, 1.165) is 42.2 Å². The molecule has 0 spiro atoms. The van der Waals surface area contributed by atoms with Gasteiger partial charge in [0, 0.05) is 31.3 Å². The fourth-order valence-electron chi connectivity index (χ4n) is 1.88. The van der Waals surface area contributed by atoms with Crippen molar-refractivity contribution in [2.75, 3.05) is 17.2 Å². The van der Waals surface area contributed by atoms with Crippen molar-refractivity contribution >= 4 is 35.5 Å². The molecule has 1 aromatic rings. The lowest BCUT2D eigenvalue weighted by Gasteiger charge is -2.11. The molecule has 0 bridgehead atoms. The van der Waals surface area contributed by atoms with Crippen LogP contribution in [0.15, 0.2) is 23.2 Å². The molecule has 0 unspecified atom stereocenters. The van der Waals surface area contributed by atoms with E-state index in [0.29, 0.717) is 0 Å². The molecule has 0 radical (unpaired) electrons. The highest BCUT2D eigenvalue weighted by Gasteiger charge is 2.08. The summed E-state index contributed by atoms with van der Waals surface area (Å²) in [7, 11) is 0. The van der Waals surface area contributed by atoms with Crippen LogP contribution in [0.5, 0.6) is 0 Å². The molecule has 0 aliphatic carbocycles. The minimum atomic E-state index is -0.0507. The van der Waals surface area contributed by atoms with Crippen LogP contribution in [0.2, 0.25) is 0 Å². The molecule has 1 aliphatic rings. The van der Waals surface area contributed by atoms with E-state index in [1.807, 2.05) is 25.1 Å². The van der Waals surface area contributed by atoms with Gasteiger partial charge in [-0.25, -0.2) is 0 Å². The number of aliphatic imine (C=N–C) groups is 1. The Morgan fingerprint density at radius 3 is 2.72 bits per heavy atom. The lowest BCUT2D eigenvalue weighted by atomic mass is 10.1. The predicted molar refractivity (Wildman–Crippen MR) is 77.9 cm³/mol. The second kappa shape index (κ2) is 6.40. The van der Waals surface area contributed by atoms with Crippen molar-refractivity contribution in [3.8, 4) is 0 Å². The topological polar surface area (TPSA) is 53.5 Å². The van der Waals surface area contributed by atoms with Gasteiger partial charge in [-0.1, -0.05) is 0 Å². The summed E-state index contributed by atoms with van der Waals surface area (Å²) in [6.45, 7) is 4.45. The van der Waals surface area contributed by atoms with Crippen LogP contribution in [0, 0.1) is 6.92 Å². The van der Waals surface area contributed by atoms with Gasteiger partial charge in [0.25, 0.3) is 0 Å². The Morgan fingerprint density at radius 1 is 1.39 bits per heavy atom. The fourth-order valence-corrected chi connectivity index (χ4v) is 1.88. The highest BCUT2D eigenvalue weighted by atomic mass is 35.5. The first-order valence-electron chi connectivity index (χ1n) is 5.84. The number of benzene rings is 1. The molecule has 2 rings (SSSR count).